The van der Waals surface area contributed by atoms with E-state index in [0.717, 1.165) is 5.92 Å². The zero-order valence-electron chi connectivity index (χ0n) is 13.8. The van der Waals surface area contributed by atoms with Gasteiger partial charge >= 0.3 is 0 Å². The lowest BCUT2D eigenvalue weighted by Gasteiger charge is -2.35. The Morgan fingerprint density at radius 1 is 0.571 bits per heavy atom. The molecule has 0 aliphatic heterocycles. The van der Waals surface area contributed by atoms with Gasteiger partial charge in [0.05, 0.1) is 0 Å². The lowest BCUT2D eigenvalue weighted by molar-refractivity contribution is 0.435. The van der Waals surface area contributed by atoms with Gasteiger partial charge in [-0.2, -0.15) is 0 Å². The Balaban J connectivity index is 1.89. The maximum absolute atomic E-state index is 2.44. The Kier molecular flexibility index (Phi) is 3.81. The normalized spacial score (nSPS) is 22.7. The van der Waals surface area contributed by atoms with Gasteiger partial charge in [0.15, 0.2) is 0 Å². The van der Waals surface area contributed by atoms with E-state index in [1.165, 1.54) is 83.5 Å². The maximum Gasteiger partial charge on any atom is -0.0156 e. The smallest absolute Gasteiger partial charge is 0.0156 e. The number of fused-ring (bicyclic) bond motifs is 2. The largest absolute Gasteiger partial charge is 0.0533 e. The first kappa shape index (κ1) is 13.9. The fourth-order valence-electron chi connectivity index (χ4n) is 5.48. The van der Waals surface area contributed by atoms with Crippen LogP contribution in [0.4, 0.5) is 0 Å². The highest BCUT2D eigenvalue weighted by atomic mass is 14.3. The summed E-state index contributed by atoms with van der Waals surface area (Å²) in [4.78, 5) is 0. The third kappa shape index (κ3) is 2.35. The monoisotopic (exact) mass is 282 g/mol. The summed E-state index contributed by atoms with van der Waals surface area (Å²) in [7, 11) is 0. The van der Waals surface area contributed by atoms with Crippen LogP contribution in [0, 0.1) is 6.92 Å². The van der Waals surface area contributed by atoms with E-state index >= 15 is 0 Å². The van der Waals surface area contributed by atoms with Crippen LogP contribution in [0.3, 0.4) is 0 Å². The first-order chi connectivity index (χ1) is 10.4. The number of hydrogen-bond donors (Lipinski definition) is 0. The topological polar surface area (TPSA) is 0 Å². The average Bonchev–Trinajstić information content (AvgIpc) is 2.56. The molecule has 0 nitrogen and oxygen atoms in total. The Hall–Kier alpha value is -0.780. The van der Waals surface area contributed by atoms with Gasteiger partial charge in [-0.3, -0.25) is 0 Å². The molecule has 3 aliphatic rings. The first-order valence-electron chi connectivity index (χ1n) is 9.52. The summed E-state index contributed by atoms with van der Waals surface area (Å²) < 4.78 is 0. The van der Waals surface area contributed by atoms with Crippen molar-refractivity contribution >= 4 is 0 Å². The van der Waals surface area contributed by atoms with E-state index in [2.05, 4.69) is 6.92 Å². The fraction of sp³-hybridized carbons (Fsp3) is 0.714. The van der Waals surface area contributed by atoms with Gasteiger partial charge in [0.1, 0.15) is 0 Å². The van der Waals surface area contributed by atoms with Crippen molar-refractivity contribution in [1.29, 1.82) is 0 Å². The van der Waals surface area contributed by atoms with Gasteiger partial charge in [0.25, 0.3) is 0 Å². The predicted octanol–water partition coefficient (Wildman–Crippen LogP) is 5.80. The van der Waals surface area contributed by atoms with Crippen molar-refractivity contribution < 1.29 is 0 Å². The number of benzene rings is 1. The highest BCUT2D eigenvalue weighted by Gasteiger charge is 2.29. The minimum Gasteiger partial charge on any atom is -0.0533 e. The van der Waals surface area contributed by atoms with Crippen molar-refractivity contribution in [3.63, 3.8) is 0 Å². The summed E-state index contributed by atoms with van der Waals surface area (Å²) in [5.41, 5.74) is 10.9. The Bertz CT molecular complexity index is 494. The molecule has 0 amide bonds. The van der Waals surface area contributed by atoms with E-state index in [1.807, 2.05) is 16.7 Å². The molecule has 0 radical (unpaired) electrons. The molecule has 0 N–H and O–H groups in total. The zero-order valence-corrected chi connectivity index (χ0v) is 13.8. The summed E-state index contributed by atoms with van der Waals surface area (Å²) in [5.74, 6) is 0.915. The Labute approximate surface area is 130 Å². The van der Waals surface area contributed by atoms with Crippen LogP contribution in [0.25, 0.3) is 0 Å². The Morgan fingerprint density at radius 2 is 1.05 bits per heavy atom. The van der Waals surface area contributed by atoms with Crippen molar-refractivity contribution in [3.8, 4) is 0 Å². The molecule has 0 spiro atoms. The third-order valence-corrected chi connectivity index (χ3v) is 6.50. The van der Waals surface area contributed by atoms with Crippen LogP contribution in [0.1, 0.15) is 97.1 Å². The van der Waals surface area contributed by atoms with Crippen molar-refractivity contribution in [2.75, 3.05) is 0 Å². The van der Waals surface area contributed by atoms with Crippen LogP contribution in [-0.4, -0.2) is 0 Å². The van der Waals surface area contributed by atoms with Crippen LogP contribution >= 0.6 is 0 Å². The minimum atomic E-state index is 0.915. The summed E-state index contributed by atoms with van der Waals surface area (Å²) in [5, 5.41) is 0. The van der Waals surface area contributed by atoms with E-state index in [-0.39, 0.29) is 0 Å². The number of hydrogen-bond acceptors (Lipinski definition) is 0. The van der Waals surface area contributed by atoms with Crippen molar-refractivity contribution in [1.82, 2.24) is 0 Å². The van der Waals surface area contributed by atoms with E-state index in [9.17, 15) is 0 Å². The lowest BCUT2D eigenvalue weighted by atomic mass is 9.70. The first-order valence-corrected chi connectivity index (χ1v) is 9.52. The van der Waals surface area contributed by atoms with Gasteiger partial charge in [-0.15, -0.1) is 0 Å². The van der Waals surface area contributed by atoms with Gasteiger partial charge < -0.3 is 0 Å². The Morgan fingerprint density at radius 3 is 1.57 bits per heavy atom. The molecule has 114 valence electrons. The molecule has 0 heteroatoms. The standard InChI is InChI=1S/C21H30/c1-15-17-11-5-7-13-19(17)21(16-9-3-2-4-10-16)20-14-8-6-12-18(15)20/h16H,2-14H2,1H3. The van der Waals surface area contributed by atoms with Gasteiger partial charge in [-0.25, -0.2) is 0 Å². The fourth-order valence-corrected chi connectivity index (χ4v) is 5.48. The molecular formula is C21H30. The molecule has 3 aliphatic carbocycles. The van der Waals surface area contributed by atoms with Crippen LogP contribution in [0.5, 0.6) is 0 Å². The summed E-state index contributed by atoms with van der Waals surface area (Å²) in [6, 6.07) is 0. The van der Waals surface area contributed by atoms with Crippen LogP contribution < -0.4 is 0 Å². The summed E-state index contributed by atoms with van der Waals surface area (Å²) in [6.45, 7) is 2.44. The second-order valence-corrected chi connectivity index (χ2v) is 7.70. The molecule has 0 bridgehead atoms. The van der Waals surface area contributed by atoms with Gasteiger partial charge in [0.2, 0.25) is 0 Å². The SMILES string of the molecule is Cc1c2c(c(C3CCCCC3)c3c1CCCC3)CCCC2. The second-order valence-electron chi connectivity index (χ2n) is 7.70. The van der Waals surface area contributed by atoms with Gasteiger partial charge in [0, 0.05) is 0 Å². The molecule has 1 saturated carbocycles. The summed E-state index contributed by atoms with van der Waals surface area (Å²) >= 11 is 0. The van der Waals surface area contributed by atoms with Gasteiger partial charge in [-0.1, -0.05) is 19.3 Å². The molecule has 1 aromatic carbocycles. The third-order valence-electron chi connectivity index (χ3n) is 6.50. The molecule has 0 aromatic heterocycles. The molecule has 1 fully saturated rings. The van der Waals surface area contributed by atoms with Gasteiger partial charge in [-0.05, 0) is 110 Å². The number of rotatable bonds is 1. The molecular weight excluding hydrogens is 252 g/mol. The predicted molar refractivity (Wildman–Crippen MR) is 90.3 cm³/mol. The van der Waals surface area contributed by atoms with E-state index in [1.54, 1.807) is 16.7 Å². The minimum absolute atomic E-state index is 0.915. The molecule has 0 saturated heterocycles. The van der Waals surface area contributed by atoms with E-state index in [0.29, 0.717) is 0 Å². The molecule has 0 unspecified atom stereocenters. The second kappa shape index (κ2) is 5.78. The highest BCUT2D eigenvalue weighted by Crippen LogP contribution is 2.44. The zero-order chi connectivity index (χ0) is 14.2. The molecule has 0 atom stereocenters. The van der Waals surface area contributed by atoms with E-state index < -0.39 is 0 Å². The van der Waals surface area contributed by atoms with Crippen molar-refractivity contribution in [2.24, 2.45) is 0 Å². The highest BCUT2D eigenvalue weighted by molar-refractivity contribution is 5.54. The lowest BCUT2D eigenvalue weighted by Crippen LogP contribution is -2.20. The quantitative estimate of drug-likeness (QED) is 0.610. The van der Waals surface area contributed by atoms with Crippen molar-refractivity contribution in [3.05, 3.63) is 33.4 Å². The van der Waals surface area contributed by atoms with Crippen molar-refractivity contribution in [2.45, 2.75) is 96.3 Å². The molecule has 1 aromatic rings. The van der Waals surface area contributed by atoms with E-state index in [4.69, 9.17) is 0 Å². The average molecular weight is 282 g/mol. The summed E-state index contributed by atoms with van der Waals surface area (Å²) in [6.07, 6.45) is 18.6. The maximum atomic E-state index is 2.44. The molecule has 21 heavy (non-hydrogen) atoms. The van der Waals surface area contributed by atoms with Crippen LogP contribution in [0.15, 0.2) is 0 Å². The van der Waals surface area contributed by atoms with Crippen LogP contribution in [-0.2, 0) is 25.7 Å². The van der Waals surface area contributed by atoms with Crippen LogP contribution in [0.2, 0.25) is 0 Å². The molecule has 4 rings (SSSR count). The molecule has 0 heterocycles.